The van der Waals surface area contributed by atoms with E-state index in [0.29, 0.717) is 6.42 Å². The van der Waals surface area contributed by atoms with E-state index in [0.717, 1.165) is 17.5 Å². The van der Waals surface area contributed by atoms with Crippen LogP contribution in [0.5, 0.6) is 0 Å². The molecular formula is C17H16O. The number of rotatable bonds is 1. The summed E-state index contributed by atoms with van der Waals surface area (Å²) in [6, 6.07) is 12.7. The highest BCUT2D eigenvalue weighted by Crippen LogP contribution is 2.28. The highest BCUT2D eigenvalue weighted by Gasteiger charge is 2.19. The van der Waals surface area contributed by atoms with Gasteiger partial charge in [-0.2, -0.15) is 0 Å². The molecular weight excluding hydrogens is 220 g/mol. The normalized spacial score (nSPS) is 13.8. The van der Waals surface area contributed by atoms with Crippen LogP contribution in [0.25, 0.3) is 11.1 Å². The van der Waals surface area contributed by atoms with Crippen LogP contribution < -0.4 is 0 Å². The van der Waals surface area contributed by atoms with Crippen LogP contribution in [0, 0.1) is 13.8 Å². The molecule has 0 spiro atoms. The van der Waals surface area contributed by atoms with Gasteiger partial charge in [0.05, 0.1) is 0 Å². The number of hydrogen-bond donors (Lipinski definition) is 0. The van der Waals surface area contributed by atoms with Crippen LogP contribution in [0.15, 0.2) is 36.4 Å². The Balaban J connectivity index is 2.10. The number of benzene rings is 2. The van der Waals surface area contributed by atoms with E-state index in [1.807, 2.05) is 0 Å². The van der Waals surface area contributed by atoms with E-state index < -0.39 is 0 Å². The number of ketones is 1. The standard InChI is InChI=1S/C17H16O/c1-11-3-4-14(9-12(11)2)15-6-5-13-7-8-17(18)16(13)10-15/h3-6,9-10H,7-8H2,1-2H3. The molecule has 3 rings (SSSR count). The molecule has 0 atom stereocenters. The fourth-order valence-corrected chi connectivity index (χ4v) is 2.54. The lowest BCUT2D eigenvalue weighted by atomic mass is 9.97. The van der Waals surface area contributed by atoms with Crippen molar-refractivity contribution in [1.29, 1.82) is 0 Å². The summed E-state index contributed by atoms with van der Waals surface area (Å²) in [6.45, 7) is 4.24. The largest absolute Gasteiger partial charge is 0.294 e. The van der Waals surface area contributed by atoms with E-state index in [-0.39, 0.29) is 5.78 Å². The van der Waals surface area contributed by atoms with Gasteiger partial charge in [0.25, 0.3) is 0 Å². The van der Waals surface area contributed by atoms with Crippen LogP contribution in [-0.2, 0) is 6.42 Å². The first-order valence-electron chi connectivity index (χ1n) is 6.39. The monoisotopic (exact) mass is 236 g/mol. The van der Waals surface area contributed by atoms with Gasteiger partial charge in [-0.05, 0) is 54.2 Å². The fourth-order valence-electron chi connectivity index (χ4n) is 2.54. The second-order valence-electron chi connectivity index (χ2n) is 5.09. The molecule has 0 saturated heterocycles. The molecule has 0 bridgehead atoms. The minimum atomic E-state index is 0.288. The van der Waals surface area contributed by atoms with Crippen LogP contribution in [0.3, 0.4) is 0 Å². The summed E-state index contributed by atoms with van der Waals surface area (Å²) in [5.74, 6) is 0.288. The number of Topliss-reactive ketones (excluding diaryl/α,β-unsaturated/α-hetero) is 1. The van der Waals surface area contributed by atoms with Crippen LogP contribution in [0.2, 0.25) is 0 Å². The van der Waals surface area contributed by atoms with Gasteiger partial charge >= 0.3 is 0 Å². The Morgan fingerprint density at radius 1 is 0.833 bits per heavy atom. The summed E-state index contributed by atoms with van der Waals surface area (Å²) in [6.07, 6.45) is 1.58. The highest BCUT2D eigenvalue weighted by molar-refractivity contribution is 6.01. The highest BCUT2D eigenvalue weighted by atomic mass is 16.1. The molecule has 1 nitrogen and oxygen atoms in total. The topological polar surface area (TPSA) is 17.1 Å². The molecule has 0 fully saturated rings. The molecule has 1 heteroatoms. The summed E-state index contributed by atoms with van der Waals surface area (Å²) in [4.78, 5) is 11.8. The van der Waals surface area contributed by atoms with E-state index in [4.69, 9.17) is 0 Å². The summed E-state index contributed by atoms with van der Waals surface area (Å²) < 4.78 is 0. The summed E-state index contributed by atoms with van der Waals surface area (Å²) in [5.41, 5.74) is 7.06. The van der Waals surface area contributed by atoms with Gasteiger partial charge in [-0.3, -0.25) is 4.79 Å². The SMILES string of the molecule is Cc1ccc(-c2ccc3c(c2)C(=O)CC3)cc1C. The van der Waals surface area contributed by atoms with Gasteiger partial charge in [0, 0.05) is 12.0 Å². The first-order valence-corrected chi connectivity index (χ1v) is 6.39. The smallest absolute Gasteiger partial charge is 0.163 e. The third-order valence-corrected chi connectivity index (χ3v) is 3.87. The van der Waals surface area contributed by atoms with Gasteiger partial charge < -0.3 is 0 Å². The second kappa shape index (κ2) is 4.09. The Morgan fingerprint density at radius 2 is 1.56 bits per heavy atom. The molecule has 0 heterocycles. The number of carbonyl (C=O) groups excluding carboxylic acids is 1. The zero-order chi connectivity index (χ0) is 12.7. The molecule has 0 aromatic heterocycles. The minimum absolute atomic E-state index is 0.288. The maximum absolute atomic E-state index is 11.8. The van der Waals surface area contributed by atoms with Gasteiger partial charge in [-0.25, -0.2) is 0 Å². The van der Waals surface area contributed by atoms with Crippen molar-refractivity contribution < 1.29 is 4.79 Å². The van der Waals surface area contributed by atoms with Gasteiger partial charge in [-0.15, -0.1) is 0 Å². The minimum Gasteiger partial charge on any atom is -0.294 e. The van der Waals surface area contributed by atoms with Crippen molar-refractivity contribution in [3.05, 3.63) is 58.7 Å². The Bertz CT molecular complexity index is 638. The molecule has 1 aliphatic rings. The van der Waals surface area contributed by atoms with Crippen molar-refractivity contribution in [3.8, 4) is 11.1 Å². The molecule has 18 heavy (non-hydrogen) atoms. The van der Waals surface area contributed by atoms with Crippen LogP contribution in [0.4, 0.5) is 0 Å². The molecule has 2 aromatic carbocycles. The van der Waals surface area contributed by atoms with Crippen LogP contribution >= 0.6 is 0 Å². The number of carbonyl (C=O) groups is 1. The van der Waals surface area contributed by atoms with Gasteiger partial charge in [0.2, 0.25) is 0 Å². The first kappa shape index (κ1) is 11.2. The molecule has 0 saturated carbocycles. The molecule has 0 amide bonds. The van der Waals surface area contributed by atoms with E-state index in [1.165, 1.54) is 22.3 Å². The average molecular weight is 236 g/mol. The summed E-state index contributed by atoms with van der Waals surface area (Å²) >= 11 is 0. The quantitative estimate of drug-likeness (QED) is 0.728. The Labute approximate surface area is 107 Å². The molecule has 0 radical (unpaired) electrons. The van der Waals surface area contributed by atoms with E-state index in [1.54, 1.807) is 0 Å². The van der Waals surface area contributed by atoms with Gasteiger partial charge in [-0.1, -0.05) is 30.3 Å². The molecule has 1 aliphatic carbocycles. The lowest BCUT2D eigenvalue weighted by Gasteiger charge is -2.07. The van der Waals surface area contributed by atoms with Crippen LogP contribution in [-0.4, -0.2) is 5.78 Å². The van der Waals surface area contributed by atoms with Crippen molar-refractivity contribution in [2.75, 3.05) is 0 Å². The fraction of sp³-hybridized carbons (Fsp3) is 0.235. The van der Waals surface area contributed by atoms with E-state index >= 15 is 0 Å². The van der Waals surface area contributed by atoms with Crippen LogP contribution in [0.1, 0.15) is 33.5 Å². The predicted molar refractivity (Wildman–Crippen MR) is 74.0 cm³/mol. The Morgan fingerprint density at radius 3 is 2.33 bits per heavy atom. The van der Waals surface area contributed by atoms with Gasteiger partial charge in [0.1, 0.15) is 0 Å². The van der Waals surface area contributed by atoms with Crippen molar-refractivity contribution in [2.45, 2.75) is 26.7 Å². The summed E-state index contributed by atoms with van der Waals surface area (Å²) in [5, 5.41) is 0. The zero-order valence-electron chi connectivity index (χ0n) is 10.8. The average Bonchev–Trinajstić information content (AvgIpc) is 2.74. The van der Waals surface area contributed by atoms with Crippen molar-refractivity contribution in [3.63, 3.8) is 0 Å². The maximum atomic E-state index is 11.8. The van der Waals surface area contributed by atoms with Crippen molar-refractivity contribution >= 4 is 5.78 Å². The molecule has 2 aromatic rings. The lowest BCUT2D eigenvalue weighted by Crippen LogP contribution is -1.92. The lowest BCUT2D eigenvalue weighted by molar-refractivity contribution is 0.0994. The van der Waals surface area contributed by atoms with E-state index in [9.17, 15) is 4.79 Å². The number of fused-ring (bicyclic) bond motifs is 1. The molecule has 0 N–H and O–H groups in total. The van der Waals surface area contributed by atoms with Gasteiger partial charge in [0.15, 0.2) is 5.78 Å². The molecule has 0 unspecified atom stereocenters. The Hall–Kier alpha value is -1.89. The third-order valence-electron chi connectivity index (χ3n) is 3.87. The third kappa shape index (κ3) is 1.76. The maximum Gasteiger partial charge on any atom is 0.163 e. The predicted octanol–water partition coefficient (Wildman–Crippen LogP) is 4.10. The second-order valence-corrected chi connectivity index (χ2v) is 5.09. The number of aryl methyl sites for hydroxylation is 3. The number of hydrogen-bond acceptors (Lipinski definition) is 1. The summed E-state index contributed by atoms with van der Waals surface area (Å²) in [7, 11) is 0. The van der Waals surface area contributed by atoms with Crippen molar-refractivity contribution in [1.82, 2.24) is 0 Å². The first-order chi connectivity index (χ1) is 8.65. The molecule has 0 aliphatic heterocycles. The zero-order valence-corrected chi connectivity index (χ0v) is 10.8. The molecule has 90 valence electrons. The Kier molecular flexibility index (Phi) is 2.55. The van der Waals surface area contributed by atoms with E-state index in [2.05, 4.69) is 50.2 Å². The van der Waals surface area contributed by atoms with Crippen molar-refractivity contribution in [2.24, 2.45) is 0 Å².